The SMILES string of the molecule is CN(C)CCc1ccc(NC(=O)CSCc2cccnc2)cc1. The molecule has 1 aromatic heterocycles. The Labute approximate surface area is 142 Å². The molecular formula is C18H23N3OS. The maximum Gasteiger partial charge on any atom is 0.234 e. The molecule has 1 heterocycles. The first-order valence-electron chi connectivity index (χ1n) is 7.63. The van der Waals surface area contributed by atoms with Gasteiger partial charge in [0.05, 0.1) is 5.75 Å². The number of pyridine rings is 1. The molecule has 0 radical (unpaired) electrons. The molecule has 1 amide bonds. The number of carbonyl (C=O) groups is 1. The standard InChI is InChI=1S/C18H23N3OS/c1-21(2)11-9-15-5-7-17(8-6-15)20-18(22)14-23-13-16-4-3-10-19-12-16/h3-8,10,12H,9,11,13-14H2,1-2H3,(H,20,22). The third kappa shape index (κ3) is 6.84. The van der Waals surface area contributed by atoms with Gasteiger partial charge < -0.3 is 10.2 Å². The molecule has 0 aliphatic carbocycles. The molecule has 0 aliphatic rings. The summed E-state index contributed by atoms with van der Waals surface area (Å²) >= 11 is 1.59. The zero-order chi connectivity index (χ0) is 16.5. The molecule has 2 rings (SSSR count). The van der Waals surface area contributed by atoms with Gasteiger partial charge in [-0.25, -0.2) is 0 Å². The van der Waals surface area contributed by atoms with Crippen molar-refractivity contribution in [1.82, 2.24) is 9.88 Å². The predicted octanol–water partition coefficient (Wildman–Crippen LogP) is 3.06. The molecule has 0 atom stereocenters. The van der Waals surface area contributed by atoms with E-state index in [1.165, 1.54) is 5.56 Å². The van der Waals surface area contributed by atoms with E-state index in [0.717, 1.165) is 30.0 Å². The van der Waals surface area contributed by atoms with E-state index in [9.17, 15) is 4.79 Å². The molecule has 122 valence electrons. The van der Waals surface area contributed by atoms with E-state index in [4.69, 9.17) is 0 Å². The van der Waals surface area contributed by atoms with Gasteiger partial charge in [0.25, 0.3) is 0 Å². The van der Waals surface area contributed by atoms with E-state index in [0.29, 0.717) is 5.75 Å². The van der Waals surface area contributed by atoms with Crippen LogP contribution in [0.5, 0.6) is 0 Å². The summed E-state index contributed by atoms with van der Waals surface area (Å²) in [5.41, 5.74) is 3.27. The fraction of sp³-hybridized carbons (Fsp3) is 0.333. The monoisotopic (exact) mass is 329 g/mol. The number of carbonyl (C=O) groups excluding carboxylic acids is 1. The van der Waals surface area contributed by atoms with Crippen LogP contribution in [0.15, 0.2) is 48.8 Å². The molecule has 2 aromatic rings. The zero-order valence-electron chi connectivity index (χ0n) is 13.7. The predicted molar refractivity (Wildman–Crippen MR) is 97.7 cm³/mol. The van der Waals surface area contributed by atoms with E-state index < -0.39 is 0 Å². The summed E-state index contributed by atoms with van der Waals surface area (Å²) in [5, 5.41) is 2.93. The average Bonchev–Trinajstić information content (AvgIpc) is 2.55. The topological polar surface area (TPSA) is 45.2 Å². The first-order valence-corrected chi connectivity index (χ1v) is 8.79. The molecule has 0 spiro atoms. The molecule has 0 saturated carbocycles. The minimum absolute atomic E-state index is 0.0277. The highest BCUT2D eigenvalue weighted by molar-refractivity contribution is 7.99. The molecule has 5 heteroatoms. The molecule has 23 heavy (non-hydrogen) atoms. The number of nitrogens with zero attached hydrogens (tertiary/aromatic N) is 2. The van der Waals surface area contributed by atoms with Crippen molar-refractivity contribution in [3.05, 3.63) is 59.9 Å². The van der Waals surface area contributed by atoms with Crippen LogP contribution in [0, 0.1) is 0 Å². The second-order valence-corrected chi connectivity index (χ2v) is 6.64. The third-order valence-corrected chi connectivity index (χ3v) is 4.31. The highest BCUT2D eigenvalue weighted by Gasteiger charge is 2.03. The van der Waals surface area contributed by atoms with Crippen LogP contribution in [-0.2, 0) is 17.0 Å². The quantitative estimate of drug-likeness (QED) is 0.808. The first kappa shape index (κ1) is 17.5. The molecule has 0 saturated heterocycles. The van der Waals surface area contributed by atoms with Crippen molar-refractivity contribution in [1.29, 1.82) is 0 Å². The van der Waals surface area contributed by atoms with Gasteiger partial charge in [-0.2, -0.15) is 0 Å². The van der Waals surface area contributed by atoms with E-state index >= 15 is 0 Å². The van der Waals surface area contributed by atoms with Crippen LogP contribution in [0.1, 0.15) is 11.1 Å². The van der Waals surface area contributed by atoms with Crippen molar-refractivity contribution in [3.63, 3.8) is 0 Å². The Balaban J connectivity index is 1.72. The molecule has 1 N–H and O–H groups in total. The number of hydrogen-bond donors (Lipinski definition) is 1. The summed E-state index contributed by atoms with van der Waals surface area (Å²) in [6.07, 6.45) is 4.60. The van der Waals surface area contributed by atoms with Gasteiger partial charge >= 0.3 is 0 Å². The number of nitrogens with one attached hydrogen (secondary N) is 1. The van der Waals surface area contributed by atoms with Crippen LogP contribution >= 0.6 is 11.8 Å². The smallest absolute Gasteiger partial charge is 0.234 e. The molecular weight excluding hydrogens is 306 g/mol. The first-order chi connectivity index (χ1) is 11.1. The Morgan fingerprint density at radius 3 is 2.61 bits per heavy atom. The maximum atomic E-state index is 11.9. The molecule has 0 bridgehead atoms. The normalized spacial score (nSPS) is 10.7. The van der Waals surface area contributed by atoms with Crippen molar-refractivity contribution >= 4 is 23.4 Å². The number of benzene rings is 1. The number of aromatic nitrogens is 1. The van der Waals surface area contributed by atoms with Crippen LogP contribution < -0.4 is 5.32 Å². The molecule has 1 aromatic carbocycles. The Morgan fingerprint density at radius 1 is 1.17 bits per heavy atom. The summed E-state index contributed by atoms with van der Waals surface area (Å²) in [7, 11) is 4.13. The zero-order valence-corrected chi connectivity index (χ0v) is 14.5. The van der Waals surface area contributed by atoms with Crippen LogP contribution in [0.4, 0.5) is 5.69 Å². The van der Waals surface area contributed by atoms with Gasteiger partial charge in [0.1, 0.15) is 0 Å². The number of likely N-dealkylation sites (N-methyl/N-ethyl adjacent to an activating group) is 1. The summed E-state index contributed by atoms with van der Waals surface area (Å²) in [4.78, 5) is 18.2. The van der Waals surface area contributed by atoms with Gasteiger partial charge in [-0.05, 0) is 49.8 Å². The lowest BCUT2D eigenvalue weighted by Crippen LogP contribution is -2.15. The lowest BCUT2D eigenvalue weighted by molar-refractivity contribution is -0.113. The Hall–Kier alpha value is -1.85. The van der Waals surface area contributed by atoms with Crippen LogP contribution in [0.25, 0.3) is 0 Å². The van der Waals surface area contributed by atoms with Gasteiger partial charge in [0.15, 0.2) is 0 Å². The number of anilines is 1. The number of hydrogen-bond acceptors (Lipinski definition) is 4. The summed E-state index contributed by atoms with van der Waals surface area (Å²) < 4.78 is 0. The van der Waals surface area contributed by atoms with Gasteiger partial charge in [-0.1, -0.05) is 18.2 Å². The van der Waals surface area contributed by atoms with E-state index in [2.05, 4.69) is 41.4 Å². The fourth-order valence-corrected chi connectivity index (χ4v) is 2.82. The van der Waals surface area contributed by atoms with Gasteiger partial charge in [-0.15, -0.1) is 11.8 Å². The van der Waals surface area contributed by atoms with Crippen molar-refractivity contribution in [3.8, 4) is 0 Å². The highest BCUT2D eigenvalue weighted by Crippen LogP contribution is 2.13. The lowest BCUT2D eigenvalue weighted by Gasteiger charge is -2.10. The largest absolute Gasteiger partial charge is 0.325 e. The fourth-order valence-electron chi connectivity index (χ4n) is 2.05. The molecule has 0 fully saturated rings. The average molecular weight is 329 g/mol. The Bertz CT molecular complexity index is 599. The second kappa shape index (κ2) is 9.33. The van der Waals surface area contributed by atoms with Crippen LogP contribution in [-0.4, -0.2) is 42.2 Å². The third-order valence-electron chi connectivity index (χ3n) is 3.31. The maximum absolute atomic E-state index is 11.9. The van der Waals surface area contributed by atoms with Crippen molar-refractivity contribution < 1.29 is 4.79 Å². The van der Waals surface area contributed by atoms with Crippen molar-refractivity contribution in [2.24, 2.45) is 0 Å². The van der Waals surface area contributed by atoms with Crippen LogP contribution in [0.3, 0.4) is 0 Å². The van der Waals surface area contributed by atoms with Crippen molar-refractivity contribution in [2.75, 3.05) is 31.7 Å². The molecule has 4 nitrogen and oxygen atoms in total. The van der Waals surface area contributed by atoms with Gasteiger partial charge in [0.2, 0.25) is 5.91 Å². The Morgan fingerprint density at radius 2 is 1.96 bits per heavy atom. The van der Waals surface area contributed by atoms with Crippen LogP contribution in [0.2, 0.25) is 0 Å². The van der Waals surface area contributed by atoms with Gasteiger partial charge in [0, 0.05) is 30.4 Å². The Kier molecular flexibility index (Phi) is 7.10. The van der Waals surface area contributed by atoms with E-state index in [1.54, 1.807) is 18.0 Å². The van der Waals surface area contributed by atoms with E-state index in [1.807, 2.05) is 30.5 Å². The second-order valence-electron chi connectivity index (χ2n) is 5.65. The summed E-state index contributed by atoms with van der Waals surface area (Å²) in [6.45, 7) is 1.02. The number of amides is 1. The number of thioether (sulfide) groups is 1. The number of rotatable bonds is 8. The summed E-state index contributed by atoms with van der Waals surface area (Å²) in [5.74, 6) is 1.27. The minimum Gasteiger partial charge on any atom is -0.325 e. The lowest BCUT2D eigenvalue weighted by atomic mass is 10.1. The van der Waals surface area contributed by atoms with Crippen molar-refractivity contribution in [2.45, 2.75) is 12.2 Å². The molecule has 0 unspecified atom stereocenters. The van der Waals surface area contributed by atoms with Gasteiger partial charge in [-0.3, -0.25) is 9.78 Å². The minimum atomic E-state index is 0.0277. The highest BCUT2D eigenvalue weighted by atomic mass is 32.2. The molecule has 0 aliphatic heterocycles. The van der Waals surface area contributed by atoms with E-state index in [-0.39, 0.29) is 5.91 Å². The summed E-state index contributed by atoms with van der Waals surface area (Å²) in [6, 6.07) is 12.0.